The van der Waals surface area contributed by atoms with Crippen LogP contribution in [-0.4, -0.2) is 36.2 Å². The highest BCUT2D eigenvalue weighted by molar-refractivity contribution is 7.89. The fourth-order valence-corrected chi connectivity index (χ4v) is 2.14. The zero-order chi connectivity index (χ0) is 12.7. The second-order valence-corrected chi connectivity index (χ2v) is 5.10. The summed E-state index contributed by atoms with van der Waals surface area (Å²) in [6, 6.07) is 1.37. The van der Waals surface area contributed by atoms with Gasteiger partial charge in [-0.2, -0.15) is 5.10 Å². The van der Waals surface area contributed by atoms with Gasteiger partial charge in [0, 0.05) is 13.0 Å². The van der Waals surface area contributed by atoms with Crippen LogP contribution < -0.4 is 10.5 Å². The summed E-state index contributed by atoms with van der Waals surface area (Å²) in [6.07, 6.45) is 3.04. The Morgan fingerprint density at radius 1 is 1.59 bits per heavy atom. The van der Waals surface area contributed by atoms with Gasteiger partial charge in [0.1, 0.15) is 5.84 Å². The monoisotopic (exact) mass is 261 g/mol. The second-order valence-electron chi connectivity index (χ2n) is 3.37. The highest BCUT2D eigenvalue weighted by Crippen LogP contribution is 2.02. The molecule has 5 N–H and O–H groups in total. The molecule has 8 nitrogen and oxygen atoms in total. The fourth-order valence-electron chi connectivity index (χ4n) is 1.16. The molecule has 0 fully saturated rings. The van der Waals surface area contributed by atoms with Crippen LogP contribution in [0.15, 0.2) is 22.4 Å². The van der Waals surface area contributed by atoms with Gasteiger partial charge in [0.15, 0.2) is 5.03 Å². The molecule has 0 atom stereocenters. The molecule has 1 aromatic rings. The first-order valence-electron chi connectivity index (χ1n) is 5.01. The van der Waals surface area contributed by atoms with E-state index in [0.29, 0.717) is 25.8 Å². The number of hydrogen-bond acceptors (Lipinski definition) is 5. The number of unbranched alkanes of at least 4 members (excludes halogenated alkanes) is 1. The smallest absolute Gasteiger partial charge is 0.257 e. The average molecular weight is 261 g/mol. The number of aromatic nitrogens is 2. The number of aromatic amines is 1. The van der Waals surface area contributed by atoms with Crippen molar-refractivity contribution in [3.05, 3.63) is 12.3 Å². The van der Waals surface area contributed by atoms with Crippen molar-refractivity contribution in [2.75, 3.05) is 6.54 Å². The summed E-state index contributed by atoms with van der Waals surface area (Å²) in [5.41, 5.74) is 5.27. The molecule has 0 spiro atoms. The summed E-state index contributed by atoms with van der Waals surface area (Å²) in [4.78, 5) is 0. The van der Waals surface area contributed by atoms with Crippen LogP contribution >= 0.6 is 0 Å². The normalized spacial score (nSPS) is 12.8. The van der Waals surface area contributed by atoms with Crippen molar-refractivity contribution in [3.8, 4) is 0 Å². The molecular formula is C8H15N5O3S. The lowest BCUT2D eigenvalue weighted by atomic mass is 10.2. The van der Waals surface area contributed by atoms with Crippen LogP contribution in [0.3, 0.4) is 0 Å². The van der Waals surface area contributed by atoms with E-state index >= 15 is 0 Å². The zero-order valence-electron chi connectivity index (χ0n) is 9.13. The molecule has 0 unspecified atom stereocenters. The maximum Gasteiger partial charge on any atom is 0.257 e. The quantitative estimate of drug-likeness (QED) is 0.174. The molecule has 0 aliphatic heterocycles. The van der Waals surface area contributed by atoms with Gasteiger partial charge in [0.05, 0.1) is 6.20 Å². The first kappa shape index (κ1) is 13.5. The molecule has 0 bridgehead atoms. The number of oxime groups is 1. The Balaban J connectivity index is 2.28. The van der Waals surface area contributed by atoms with Gasteiger partial charge >= 0.3 is 0 Å². The van der Waals surface area contributed by atoms with Crippen LogP contribution in [0.5, 0.6) is 0 Å². The number of nitrogens with one attached hydrogen (secondary N) is 2. The minimum atomic E-state index is -3.50. The Morgan fingerprint density at radius 3 is 2.94 bits per heavy atom. The van der Waals surface area contributed by atoms with E-state index in [-0.39, 0.29) is 10.9 Å². The zero-order valence-corrected chi connectivity index (χ0v) is 9.94. The SMILES string of the molecule is NC(CCCCNS(=O)(=O)c1ccn[nH]1)=NO. The van der Waals surface area contributed by atoms with Gasteiger partial charge in [-0.15, -0.1) is 0 Å². The van der Waals surface area contributed by atoms with Gasteiger partial charge in [-0.25, -0.2) is 13.1 Å². The van der Waals surface area contributed by atoms with Crippen molar-refractivity contribution in [1.82, 2.24) is 14.9 Å². The number of rotatable bonds is 7. The van der Waals surface area contributed by atoms with E-state index in [0.717, 1.165) is 0 Å². The Hall–Kier alpha value is -1.61. The van der Waals surface area contributed by atoms with E-state index in [1.807, 2.05) is 0 Å². The van der Waals surface area contributed by atoms with Crippen molar-refractivity contribution in [1.29, 1.82) is 0 Å². The summed E-state index contributed by atoms with van der Waals surface area (Å²) in [7, 11) is -3.50. The summed E-state index contributed by atoms with van der Waals surface area (Å²) < 4.78 is 25.6. The fraction of sp³-hybridized carbons (Fsp3) is 0.500. The van der Waals surface area contributed by atoms with Gasteiger partial charge in [0.2, 0.25) is 0 Å². The van der Waals surface area contributed by atoms with E-state index in [1.165, 1.54) is 12.3 Å². The van der Waals surface area contributed by atoms with E-state index in [1.54, 1.807) is 0 Å². The van der Waals surface area contributed by atoms with Crippen molar-refractivity contribution in [2.24, 2.45) is 10.9 Å². The second kappa shape index (κ2) is 6.21. The van der Waals surface area contributed by atoms with Gasteiger partial charge in [-0.1, -0.05) is 5.16 Å². The topological polar surface area (TPSA) is 133 Å². The highest BCUT2D eigenvalue weighted by atomic mass is 32.2. The van der Waals surface area contributed by atoms with Crippen LogP contribution in [0.1, 0.15) is 19.3 Å². The minimum absolute atomic E-state index is 0.0361. The van der Waals surface area contributed by atoms with Gasteiger partial charge < -0.3 is 10.9 Å². The largest absolute Gasteiger partial charge is 0.409 e. The van der Waals surface area contributed by atoms with Gasteiger partial charge in [-0.05, 0) is 18.9 Å². The number of H-pyrrole nitrogens is 1. The molecule has 1 heterocycles. The Kier molecular flexibility index (Phi) is 4.91. The minimum Gasteiger partial charge on any atom is -0.409 e. The summed E-state index contributed by atoms with van der Waals surface area (Å²) >= 11 is 0. The standard InChI is InChI=1S/C8H15N5O3S/c9-7(13-14)3-1-2-5-11-17(15,16)8-4-6-10-12-8/h4,6,11,14H,1-3,5H2,(H2,9,13)(H,10,12). The molecule has 0 amide bonds. The molecule has 96 valence electrons. The van der Waals surface area contributed by atoms with E-state index in [2.05, 4.69) is 20.1 Å². The van der Waals surface area contributed by atoms with Gasteiger partial charge in [-0.3, -0.25) is 5.10 Å². The molecule has 1 aromatic heterocycles. The Morgan fingerprint density at radius 2 is 2.35 bits per heavy atom. The number of nitrogens with zero attached hydrogens (tertiary/aromatic N) is 2. The lowest BCUT2D eigenvalue weighted by Crippen LogP contribution is -2.25. The van der Waals surface area contributed by atoms with Crippen molar-refractivity contribution in [2.45, 2.75) is 24.3 Å². The molecular weight excluding hydrogens is 246 g/mol. The molecule has 0 aliphatic rings. The van der Waals surface area contributed by atoms with Crippen LogP contribution in [0, 0.1) is 0 Å². The Labute approximate surface area is 98.9 Å². The molecule has 9 heteroatoms. The van der Waals surface area contributed by atoms with Crippen molar-refractivity contribution in [3.63, 3.8) is 0 Å². The van der Waals surface area contributed by atoms with Crippen molar-refractivity contribution >= 4 is 15.9 Å². The third kappa shape index (κ3) is 4.41. The number of amidine groups is 1. The maximum atomic E-state index is 11.6. The van der Waals surface area contributed by atoms with Crippen LogP contribution in [-0.2, 0) is 10.0 Å². The highest BCUT2D eigenvalue weighted by Gasteiger charge is 2.13. The van der Waals surface area contributed by atoms with Crippen molar-refractivity contribution < 1.29 is 13.6 Å². The molecule has 0 radical (unpaired) electrons. The summed E-state index contributed by atoms with van der Waals surface area (Å²) in [5.74, 6) is 0.140. The number of nitrogens with two attached hydrogens (primary N) is 1. The van der Waals surface area contributed by atoms with Gasteiger partial charge in [0.25, 0.3) is 10.0 Å². The predicted molar refractivity (Wildman–Crippen MR) is 61.0 cm³/mol. The molecule has 17 heavy (non-hydrogen) atoms. The van der Waals surface area contributed by atoms with E-state index in [9.17, 15) is 8.42 Å². The average Bonchev–Trinajstić information content (AvgIpc) is 2.82. The molecule has 0 aromatic carbocycles. The predicted octanol–water partition coefficient (Wildman–Crippen LogP) is -0.395. The van der Waals surface area contributed by atoms with Crippen LogP contribution in [0.4, 0.5) is 0 Å². The third-order valence-electron chi connectivity index (χ3n) is 2.04. The molecule has 1 rings (SSSR count). The maximum absolute atomic E-state index is 11.6. The van der Waals surface area contributed by atoms with E-state index in [4.69, 9.17) is 10.9 Å². The number of hydrogen-bond donors (Lipinski definition) is 4. The van der Waals surface area contributed by atoms with Crippen LogP contribution in [0.2, 0.25) is 0 Å². The first-order chi connectivity index (χ1) is 8.06. The third-order valence-corrected chi connectivity index (χ3v) is 3.44. The van der Waals surface area contributed by atoms with E-state index < -0.39 is 10.0 Å². The molecule has 0 saturated heterocycles. The number of sulfonamides is 1. The summed E-state index contributed by atoms with van der Waals surface area (Å²) in [6.45, 7) is 0.292. The Bertz CT molecular complexity index is 454. The first-order valence-corrected chi connectivity index (χ1v) is 6.50. The lowest BCUT2D eigenvalue weighted by Gasteiger charge is -2.04. The van der Waals surface area contributed by atoms with Crippen LogP contribution in [0.25, 0.3) is 0 Å². The lowest BCUT2D eigenvalue weighted by molar-refractivity contribution is 0.316. The molecule has 0 saturated carbocycles. The molecule has 0 aliphatic carbocycles. The summed E-state index contributed by atoms with van der Waals surface area (Å²) in [5, 5.41) is 17.1.